The summed E-state index contributed by atoms with van der Waals surface area (Å²) in [5.41, 5.74) is 9.69. The second kappa shape index (κ2) is 7.82. The second-order valence-electron chi connectivity index (χ2n) is 8.10. The average Bonchev–Trinajstić information content (AvgIpc) is 3.40. The van der Waals surface area contributed by atoms with E-state index in [0.29, 0.717) is 18.3 Å². The molecule has 1 aliphatic rings. The standard InChI is InChI=1S/C22H24N8O/c23-10-18(31)25-11-13-5-7-14(8-6-13)22-29-19(20-21(24)26-12-27-30(20)22)17-9-15-3-1-2-4-16(15)28-17/h1-4,9-10,12-14,23,28H,5-8,11H2,(H,25,31)(H2,24,26,27). The predicted molar refractivity (Wildman–Crippen MR) is 119 cm³/mol. The van der Waals surface area contributed by atoms with E-state index in [1.807, 2.05) is 22.7 Å². The van der Waals surface area contributed by atoms with Crippen LogP contribution in [0.5, 0.6) is 0 Å². The van der Waals surface area contributed by atoms with Crippen LogP contribution in [-0.2, 0) is 4.79 Å². The summed E-state index contributed by atoms with van der Waals surface area (Å²) in [6.07, 6.45) is 6.18. The normalized spacial score (nSPS) is 19.0. The van der Waals surface area contributed by atoms with Crippen molar-refractivity contribution in [2.75, 3.05) is 12.3 Å². The number of nitrogens with zero attached hydrogens (tertiary/aromatic N) is 4. The van der Waals surface area contributed by atoms with Crippen molar-refractivity contribution in [1.29, 1.82) is 5.41 Å². The topological polar surface area (TPSA) is 138 Å². The fourth-order valence-corrected chi connectivity index (χ4v) is 4.55. The quantitative estimate of drug-likeness (QED) is 0.371. The summed E-state index contributed by atoms with van der Waals surface area (Å²) in [7, 11) is 0. The first kappa shape index (κ1) is 19.2. The Bertz CT molecular complexity index is 1230. The van der Waals surface area contributed by atoms with Crippen LogP contribution < -0.4 is 11.1 Å². The van der Waals surface area contributed by atoms with E-state index in [2.05, 4.69) is 32.5 Å². The molecule has 1 aromatic carbocycles. The molecule has 0 unspecified atom stereocenters. The van der Waals surface area contributed by atoms with Crippen molar-refractivity contribution in [2.45, 2.75) is 31.6 Å². The Kier molecular flexibility index (Phi) is 4.85. The van der Waals surface area contributed by atoms with Gasteiger partial charge in [-0.3, -0.25) is 4.79 Å². The van der Waals surface area contributed by atoms with Crippen molar-refractivity contribution < 1.29 is 4.79 Å². The van der Waals surface area contributed by atoms with Gasteiger partial charge in [0, 0.05) is 23.4 Å². The zero-order valence-electron chi connectivity index (χ0n) is 17.0. The van der Waals surface area contributed by atoms with Gasteiger partial charge in [-0.1, -0.05) is 18.2 Å². The molecular formula is C22H24N8O. The summed E-state index contributed by atoms with van der Waals surface area (Å²) in [6, 6.07) is 10.2. The van der Waals surface area contributed by atoms with Gasteiger partial charge in [0.05, 0.1) is 11.9 Å². The van der Waals surface area contributed by atoms with Gasteiger partial charge in [-0.25, -0.2) is 14.5 Å². The van der Waals surface area contributed by atoms with E-state index in [9.17, 15) is 4.79 Å². The molecule has 1 amide bonds. The Morgan fingerprint density at radius 1 is 1.29 bits per heavy atom. The smallest absolute Gasteiger partial charge is 0.261 e. The van der Waals surface area contributed by atoms with E-state index in [1.54, 1.807) is 0 Å². The number of carbonyl (C=O) groups excluding carboxylic acids is 1. The van der Waals surface area contributed by atoms with Gasteiger partial charge in [-0.2, -0.15) is 5.10 Å². The summed E-state index contributed by atoms with van der Waals surface area (Å²) in [6.45, 7) is 0.610. The number of hydrogen-bond acceptors (Lipinski definition) is 6. The lowest BCUT2D eigenvalue weighted by molar-refractivity contribution is -0.114. The van der Waals surface area contributed by atoms with Crippen LogP contribution in [0.4, 0.5) is 5.82 Å². The Balaban J connectivity index is 1.46. The lowest BCUT2D eigenvalue weighted by Gasteiger charge is -2.27. The first-order valence-corrected chi connectivity index (χ1v) is 10.5. The highest BCUT2D eigenvalue weighted by molar-refractivity contribution is 6.24. The molecule has 0 bridgehead atoms. The van der Waals surface area contributed by atoms with Crippen LogP contribution in [-0.4, -0.2) is 43.2 Å². The molecule has 9 nitrogen and oxygen atoms in total. The zero-order chi connectivity index (χ0) is 21.4. The molecule has 1 aliphatic carbocycles. The van der Waals surface area contributed by atoms with Crippen LogP contribution in [0.15, 0.2) is 36.7 Å². The number of carbonyl (C=O) groups is 1. The van der Waals surface area contributed by atoms with Crippen LogP contribution in [0.2, 0.25) is 0 Å². The highest BCUT2D eigenvalue weighted by Crippen LogP contribution is 2.38. The number of nitrogens with one attached hydrogen (secondary N) is 3. The number of amides is 1. The number of aromatic amines is 1. The number of hydrogen-bond donors (Lipinski definition) is 4. The number of para-hydroxylation sites is 1. The molecule has 5 N–H and O–H groups in total. The number of imidazole rings is 1. The van der Waals surface area contributed by atoms with Gasteiger partial charge in [0.25, 0.3) is 5.91 Å². The lowest BCUT2D eigenvalue weighted by Crippen LogP contribution is -2.31. The minimum Gasteiger partial charge on any atom is -0.382 e. The van der Waals surface area contributed by atoms with Crippen molar-refractivity contribution in [2.24, 2.45) is 5.92 Å². The maximum Gasteiger partial charge on any atom is 0.261 e. The molecule has 1 fully saturated rings. The highest BCUT2D eigenvalue weighted by Gasteiger charge is 2.28. The van der Waals surface area contributed by atoms with Gasteiger partial charge in [-0.05, 0) is 43.7 Å². The van der Waals surface area contributed by atoms with Crippen molar-refractivity contribution in [3.63, 3.8) is 0 Å². The number of nitrogens with two attached hydrogens (primary N) is 1. The highest BCUT2D eigenvalue weighted by atomic mass is 16.1. The molecule has 5 rings (SSSR count). The minimum absolute atomic E-state index is 0.259. The summed E-state index contributed by atoms with van der Waals surface area (Å²) < 4.78 is 1.84. The summed E-state index contributed by atoms with van der Waals surface area (Å²) in [5, 5.41) is 15.4. The van der Waals surface area contributed by atoms with Gasteiger partial charge in [0.1, 0.15) is 23.4 Å². The van der Waals surface area contributed by atoms with Gasteiger partial charge in [-0.15, -0.1) is 0 Å². The van der Waals surface area contributed by atoms with Crippen LogP contribution in [0.1, 0.15) is 37.4 Å². The second-order valence-corrected chi connectivity index (χ2v) is 8.10. The number of H-pyrrole nitrogens is 1. The predicted octanol–water partition coefficient (Wildman–Crippen LogP) is 2.89. The average molecular weight is 416 g/mol. The number of rotatable bonds is 5. The van der Waals surface area contributed by atoms with Crippen LogP contribution in [0, 0.1) is 11.3 Å². The third kappa shape index (κ3) is 3.52. The molecule has 3 heterocycles. The lowest BCUT2D eigenvalue weighted by atomic mass is 9.81. The van der Waals surface area contributed by atoms with Crippen LogP contribution in [0.25, 0.3) is 27.8 Å². The monoisotopic (exact) mass is 416 g/mol. The maximum absolute atomic E-state index is 11.3. The van der Waals surface area contributed by atoms with Gasteiger partial charge < -0.3 is 21.4 Å². The van der Waals surface area contributed by atoms with Crippen molar-refractivity contribution in [3.05, 3.63) is 42.5 Å². The zero-order valence-corrected chi connectivity index (χ0v) is 17.0. The minimum atomic E-state index is -0.337. The molecular weight excluding hydrogens is 392 g/mol. The molecule has 31 heavy (non-hydrogen) atoms. The molecule has 4 aromatic rings. The first-order valence-electron chi connectivity index (χ1n) is 10.5. The van der Waals surface area contributed by atoms with E-state index in [1.165, 1.54) is 6.33 Å². The Morgan fingerprint density at radius 2 is 2.10 bits per heavy atom. The molecule has 0 spiro atoms. The number of fused-ring (bicyclic) bond motifs is 2. The SMILES string of the molecule is N=CC(=O)NCC1CCC(c2nc(-c3cc4ccccc4[nH]3)c3c(N)ncnn23)CC1. The fraction of sp³-hybridized carbons (Fsp3) is 0.318. The molecule has 1 saturated carbocycles. The number of benzene rings is 1. The van der Waals surface area contributed by atoms with Crippen LogP contribution in [0.3, 0.4) is 0 Å². The van der Waals surface area contributed by atoms with Crippen LogP contribution >= 0.6 is 0 Å². The molecule has 0 atom stereocenters. The maximum atomic E-state index is 11.3. The third-order valence-corrected chi connectivity index (χ3v) is 6.18. The Morgan fingerprint density at radius 3 is 2.87 bits per heavy atom. The fourth-order valence-electron chi connectivity index (χ4n) is 4.55. The summed E-state index contributed by atoms with van der Waals surface area (Å²) >= 11 is 0. The van der Waals surface area contributed by atoms with Crippen molar-refractivity contribution in [1.82, 2.24) is 29.9 Å². The van der Waals surface area contributed by atoms with Gasteiger partial charge in [0.15, 0.2) is 5.82 Å². The summed E-state index contributed by atoms with van der Waals surface area (Å²) in [4.78, 5) is 24.0. The third-order valence-electron chi connectivity index (χ3n) is 6.18. The van der Waals surface area contributed by atoms with Crippen molar-refractivity contribution >= 4 is 34.4 Å². The Hall–Kier alpha value is -3.75. The molecule has 3 aromatic heterocycles. The van der Waals surface area contributed by atoms with E-state index in [0.717, 1.165) is 65.5 Å². The van der Waals surface area contributed by atoms with E-state index in [-0.39, 0.29) is 11.8 Å². The number of nitrogen functional groups attached to an aromatic ring is 1. The van der Waals surface area contributed by atoms with Gasteiger partial charge in [0.2, 0.25) is 0 Å². The van der Waals surface area contributed by atoms with E-state index >= 15 is 0 Å². The molecule has 9 heteroatoms. The molecule has 0 saturated heterocycles. The molecule has 0 radical (unpaired) electrons. The Labute approximate surface area is 178 Å². The van der Waals surface area contributed by atoms with Gasteiger partial charge >= 0.3 is 0 Å². The molecule has 0 aliphatic heterocycles. The van der Waals surface area contributed by atoms with E-state index in [4.69, 9.17) is 16.1 Å². The molecule has 158 valence electrons. The van der Waals surface area contributed by atoms with Crippen molar-refractivity contribution in [3.8, 4) is 11.4 Å². The number of aromatic nitrogens is 5. The first-order chi connectivity index (χ1) is 15.1. The van der Waals surface area contributed by atoms with E-state index < -0.39 is 0 Å². The number of anilines is 1. The largest absolute Gasteiger partial charge is 0.382 e. The summed E-state index contributed by atoms with van der Waals surface area (Å²) in [5.74, 6) is 1.65.